The average molecular weight is 647 g/mol. The second-order valence-electron chi connectivity index (χ2n) is 11.6. The van der Waals surface area contributed by atoms with Crippen molar-refractivity contribution in [3.63, 3.8) is 0 Å². The Morgan fingerprint density at radius 1 is 1.09 bits per heavy atom. The number of rotatable bonds is 6. The highest BCUT2D eigenvalue weighted by Gasteiger charge is 2.38. The molecule has 2 amide bonds. The van der Waals surface area contributed by atoms with Crippen LogP contribution >= 0.6 is 11.3 Å². The number of likely N-dealkylation sites (tertiary alicyclic amines) is 1. The Labute approximate surface area is 268 Å². The lowest BCUT2D eigenvalue weighted by atomic mass is 9.93. The quantitative estimate of drug-likeness (QED) is 0.224. The van der Waals surface area contributed by atoms with E-state index < -0.39 is 35.9 Å². The van der Waals surface area contributed by atoms with Crippen LogP contribution in [-0.4, -0.2) is 58.4 Å². The van der Waals surface area contributed by atoms with E-state index in [1.807, 2.05) is 37.4 Å². The van der Waals surface area contributed by atoms with E-state index in [2.05, 4.69) is 10.3 Å². The Bertz CT molecular complexity index is 1870. The van der Waals surface area contributed by atoms with Gasteiger partial charge < -0.3 is 25.8 Å². The lowest BCUT2D eigenvalue weighted by Crippen LogP contribution is -2.46. The molecule has 4 aromatic rings. The van der Waals surface area contributed by atoms with Crippen LogP contribution in [0.5, 0.6) is 5.75 Å². The summed E-state index contributed by atoms with van der Waals surface area (Å²) in [5.74, 6) is -5.27. The topological polar surface area (TPSA) is 135 Å². The summed E-state index contributed by atoms with van der Waals surface area (Å²) in [6.07, 6.45) is 0.457. The van der Waals surface area contributed by atoms with Gasteiger partial charge in [0.05, 0.1) is 13.2 Å². The first-order valence-corrected chi connectivity index (χ1v) is 15.7. The molecule has 46 heavy (non-hydrogen) atoms. The zero-order valence-corrected chi connectivity index (χ0v) is 26.1. The maximum atomic E-state index is 14.1. The second kappa shape index (κ2) is 12.3. The van der Waals surface area contributed by atoms with E-state index in [1.165, 1.54) is 23.5 Å². The number of carboxylic acids is 1. The maximum absolute atomic E-state index is 14.1. The number of amides is 2. The minimum absolute atomic E-state index is 0.0761. The van der Waals surface area contributed by atoms with E-state index >= 15 is 0 Å². The summed E-state index contributed by atoms with van der Waals surface area (Å²) in [7, 11) is 0. The van der Waals surface area contributed by atoms with Crippen molar-refractivity contribution in [2.75, 3.05) is 25.0 Å². The molecule has 0 atom stereocenters. The summed E-state index contributed by atoms with van der Waals surface area (Å²) < 4.78 is 34.2. The summed E-state index contributed by atoms with van der Waals surface area (Å²) in [6.45, 7) is 3.81. The summed E-state index contributed by atoms with van der Waals surface area (Å²) >= 11 is 1.52. The second-order valence-corrected chi connectivity index (χ2v) is 12.5. The van der Waals surface area contributed by atoms with Gasteiger partial charge in [-0.3, -0.25) is 9.59 Å². The summed E-state index contributed by atoms with van der Waals surface area (Å²) in [6, 6.07) is 11.8. The van der Waals surface area contributed by atoms with Gasteiger partial charge in [-0.2, -0.15) is 0 Å². The molecule has 0 radical (unpaired) electrons. The number of nitrogens with zero attached hydrogens (tertiary/aromatic N) is 2. The van der Waals surface area contributed by atoms with Gasteiger partial charge in [-0.15, -0.1) is 11.3 Å². The van der Waals surface area contributed by atoms with Crippen molar-refractivity contribution in [1.29, 1.82) is 0 Å². The summed E-state index contributed by atoms with van der Waals surface area (Å²) in [4.78, 5) is 46.0. The van der Waals surface area contributed by atoms with Crippen LogP contribution in [-0.2, 0) is 13.0 Å². The first kappa shape index (κ1) is 31.3. The van der Waals surface area contributed by atoms with Crippen LogP contribution in [0.25, 0.3) is 21.6 Å². The van der Waals surface area contributed by atoms with E-state index in [0.29, 0.717) is 36.6 Å². The lowest BCUT2D eigenvalue weighted by molar-refractivity contribution is -0.0561. The third-order valence-electron chi connectivity index (χ3n) is 8.34. The van der Waals surface area contributed by atoms with Gasteiger partial charge >= 0.3 is 5.97 Å². The number of nitrogens with one attached hydrogen (secondary N) is 1. The number of carboxylic acid groups (broad SMARTS) is 1. The first-order chi connectivity index (χ1) is 22.0. The van der Waals surface area contributed by atoms with Crippen LogP contribution in [0.15, 0.2) is 47.8 Å². The average Bonchev–Trinajstić information content (AvgIpc) is 3.42. The summed E-state index contributed by atoms with van der Waals surface area (Å²) in [5, 5.41) is 15.2. The number of fused-ring (bicyclic) bond motifs is 3. The molecule has 0 aliphatic carbocycles. The molecule has 2 aromatic carbocycles. The number of hydrogen-bond donors (Lipinski definition) is 3. The van der Waals surface area contributed by atoms with Gasteiger partial charge in [0, 0.05) is 58.7 Å². The van der Waals surface area contributed by atoms with Gasteiger partial charge in [0.15, 0.2) is 5.69 Å². The molecule has 2 aliphatic rings. The molecule has 12 heteroatoms. The van der Waals surface area contributed by atoms with Crippen molar-refractivity contribution in [2.45, 2.75) is 45.6 Å². The van der Waals surface area contributed by atoms with Crippen molar-refractivity contribution in [1.82, 2.24) is 9.88 Å². The molecule has 0 saturated carbocycles. The fraction of sp³-hybridized carbons (Fsp3) is 0.294. The van der Waals surface area contributed by atoms with Crippen molar-refractivity contribution < 1.29 is 33.0 Å². The Hall–Kier alpha value is -4.68. The normalized spacial score (nSPS) is 15.3. The monoisotopic (exact) mass is 646 g/mol. The highest BCUT2D eigenvalue weighted by Crippen LogP contribution is 2.43. The Morgan fingerprint density at radius 3 is 2.54 bits per heavy atom. The maximum Gasteiger partial charge on any atom is 0.355 e. The molecule has 6 rings (SSSR count). The molecule has 1 fully saturated rings. The van der Waals surface area contributed by atoms with E-state index in [0.717, 1.165) is 32.0 Å². The van der Waals surface area contributed by atoms with Crippen molar-refractivity contribution in [3.8, 4) is 27.3 Å². The number of ether oxygens (including phenoxy) is 1. The number of anilines is 1. The molecule has 0 unspecified atom stereocenters. The third-order valence-corrected chi connectivity index (χ3v) is 9.33. The van der Waals surface area contributed by atoms with Crippen LogP contribution in [0.1, 0.15) is 66.4 Å². The number of hydrogen-bond acceptors (Lipinski definition) is 7. The molecule has 0 bridgehead atoms. The van der Waals surface area contributed by atoms with Gasteiger partial charge in [-0.05, 0) is 78.2 Å². The van der Waals surface area contributed by atoms with E-state index in [4.69, 9.17) is 10.5 Å². The van der Waals surface area contributed by atoms with Crippen LogP contribution in [0.2, 0.25) is 0 Å². The molecule has 9 nitrogen and oxygen atoms in total. The highest BCUT2D eigenvalue weighted by molar-refractivity contribution is 7.13. The Kier molecular flexibility index (Phi) is 8.34. The molecule has 4 N–H and O–H groups in total. The van der Waals surface area contributed by atoms with Crippen molar-refractivity contribution >= 4 is 34.8 Å². The lowest BCUT2D eigenvalue weighted by Gasteiger charge is -2.32. The number of carbonyl (C=O) groups is 3. The zero-order chi connectivity index (χ0) is 32.7. The number of halogens is 2. The molecule has 0 spiro atoms. The van der Waals surface area contributed by atoms with Gasteiger partial charge in [0.2, 0.25) is 0 Å². The largest absolute Gasteiger partial charge is 0.493 e. The number of benzene rings is 2. The number of pyridine rings is 1. The van der Waals surface area contributed by atoms with E-state index in [-0.39, 0.29) is 41.8 Å². The first-order valence-electron chi connectivity index (χ1n) is 14.9. The number of aryl methyl sites for hydroxylation is 2. The van der Waals surface area contributed by atoms with Gasteiger partial charge in [-0.1, -0.05) is 12.1 Å². The third kappa shape index (κ3) is 5.97. The predicted octanol–water partition coefficient (Wildman–Crippen LogP) is 6.31. The molecule has 1 saturated heterocycles. The standard InChI is InChI=1S/C34H32F2N4O5S/c1-18-12-20(16-37)13-19(2)28(18)39-31(41)24-14-25-27(45-10-6-21-7-11-46-30(21)25)15-23(24)22-4-5-26(38-29(22)33(43)44)32(42)40-9-3-8-34(35,36)17-40/h4-5,7,11-15H,3,6,8-10,16-17,37H2,1-2H3,(H,39,41)(H,43,44). The van der Waals surface area contributed by atoms with Crippen molar-refractivity contribution in [2.24, 2.45) is 5.73 Å². The van der Waals surface area contributed by atoms with Gasteiger partial charge in [-0.25, -0.2) is 18.6 Å². The van der Waals surface area contributed by atoms with Crippen LogP contribution in [0.4, 0.5) is 14.5 Å². The number of thiophene rings is 1. The van der Waals surface area contributed by atoms with E-state index in [9.17, 15) is 28.3 Å². The molecular formula is C34H32F2N4O5S. The Balaban J connectivity index is 1.48. The smallest absolute Gasteiger partial charge is 0.355 e. The van der Waals surface area contributed by atoms with Gasteiger partial charge in [0.25, 0.3) is 17.7 Å². The Morgan fingerprint density at radius 2 is 1.85 bits per heavy atom. The predicted molar refractivity (Wildman–Crippen MR) is 171 cm³/mol. The van der Waals surface area contributed by atoms with Crippen LogP contribution in [0.3, 0.4) is 0 Å². The molecule has 2 aromatic heterocycles. The zero-order valence-electron chi connectivity index (χ0n) is 25.3. The van der Waals surface area contributed by atoms with Crippen molar-refractivity contribution in [3.05, 3.63) is 87.0 Å². The summed E-state index contributed by atoms with van der Waals surface area (Å²) in [5.41, 5.74) is 10.5. The fourth-order valence-electron chi connectivity index (χ4n) is 6.14. The van der Waals surface area contributed by atoms with E-state index in [1.54, 1.807) is 12.1 Å². The highest BCUT2D eigenvalue weighted by atomic mass is 32.1. The van der Waals surface area contributed by atoms with Crippen LogP contribution in [0, 0.1) is 13.8 Å². The SMILES string of the molecule is Cc1cc(CN)cc(C)c1NC(=O)c1cc2c(cc1-c1ccc(C(=O)N3CCCC(F)(F)C3)nc1C(=O)O)OCCc1ccsc1-2. The number of aromatic carboxylic acids is 1. The molecule has 4 heterocycles. The minimum atomic E-state index is -3.03. The number of alkyl halides is 2. The van der Waals surface area contributed by atoms with Crippen LogP contribution < -0.4 is 15.8 Å². The van der Waals surface area contributed by atoms with Gasteiger partial charge in [0.1, 0.15) is 11.4 Å². The fourth-order valence-corrected chi connectivity index (χ4v) is 7.11. The molecule has 2 aliphatic heterocycles. The minimum Gasteiger partial charge on any atom is -0.493 e. The number of carbonyl (C=O) groups excluding carboxylic acids is 2. The molecular weight excluding hydrogens is 614 g/mol. The number of aromatic nitrogens is 1. The number of nitrogens with two attached hydrogens (primary N) is 1. The number of piperidine rings is 1. The molecule has 238 valence electrons.